The molecule has 11 nitrogen and oxygen atoms in total. The number of aromatic amines is 1. The number of esters is 2. The molecule has 1 aromatic carbocycles. The molecule has 172 valence electrons. The van der Waals surface area contributed by atoms with Gasteiger partial charge in [-0.2, -0.15) is 8.42 Å². The lowest BCUT2D eigenvalue weighted by Gasteiger charge is -2.10. The quantitative estimate of drug-likeness (QED) is 0.220. The van der Waals surface area contributed by atoms with Gasteiger partial charge in [0.05, 0.1) is 20.3 Å². The molecule has 0 saturated carbocycles. The van der Waals surface area contributed by atoms with Gasteiger partial charge in [-0.3, -0.25) is 9.59 Å². The molecule has 12 heteroatoms. The number of ether oxygens (including phenoxy) is 3. The Morgan fingerprint density at radius 1 is 1.12 bits per heavy atom. The zero-order valence-corrected chi connectivity index (χ0v) is 18.2. The van der Waals surface area contributed by atoms with Crippen LogP contribution in [0.2, 0.25) is 0 Å². The van der Waals surface area contributed by atoms with Crippen molar-refractivity contribution in [1.29, 1.82) is 0 Å². The summed E-state index contributed by atoms with van der Waals surface area (Å²) in [5, 5.41) is 0. The van der Waals surface area contributed by atoms with E-state index in [9.17, 15) is 22.8 Å². The highest BCUT2D eigenvalue weighted by Crippen LogP contribution is 2.19. The predicted octanol–water partition coefficient (Wildman–Crippen LogP) is 1.00. The maximum absolute atomic E-state index is 12.5. The number of hydrogen-bond acceptors (Lipinski definition) is 10. The first-order chi connectivity index (χ1) is 15.2. The van der Waals surface area contributed by atoms with Gasteiger partial charge < -0.3 is 23.4 Å². The minimum Gasteiger partial charge on any atom is -0.464 e. The zero-order valence-electron chi connectivity index (χ0n) is 17.4. The van der Waals surface area contributed by atoms with Crippen LogP contribution in [0.1, 0.15) is 23.2 Å². The smallest absolute Gasteiger partial charge is 0.360 e. The molecule has 1 heterocycles. The van der Waals surface area contributed by atoms with Gasteiger partial charge in [-0.15, -0.1) is 0 Å². The van der Waals surface area contributed by atoms with Crippen molar-refractivity contribution in [1.82, 2.24) is 9.97 Å². The fraction of sp³-hybridized carbons (Fsp3) is 0.300. The summed E-state index contributed by atoms with van der Waals surface area (Å²) in [5.41, 5.74) is -1.54. The van der Waals surface area contributed by atoms with Crippen molar-refractivity contribution in [3.8, 4) is 5.75 Å². The molecule has 0 radical (unpaired) electrons. The highest BCUT2D eigenvalue weighted by atomic mass is 32.2. The number of benzene rings is 1. The highest BCUT2D eigenvalue weighted by Gasteiger charge is 2.26. The van der Waals surface area contributed by atoms with Gasteiger partial charge in [-0.25, -0.2) is 9.78 Å². The monoisotopic (exact) mass is 466 g/mol. The Hall–Kier alpha value is -3.51. The Labute approximate surface area is 184 Å². The van der Waals surface area contributed by atoms with Gasteiger partial charge in [0.1, 0.15) is 17.3 Å². The average molecular weight is 466 g/mol. The van der Waals surface area contributed by atoms with E-state index in [1.807, 2.05) is 0 Å². The molecule has 0 amide bonds. The molecule has 0 fully saturated rings. The molecule has 0 bridgehead atoms. The van der Waals surface area contributed by atoms with Crippen molar-refractivity contribution < 1.29 is 36.4 Å². The summed E-state index contributed by atoms with van der Waals surface area (Å²) in [5.74, 6) is -2.15. The number of methoxy groups -OCH3 is 1. The molecule has 0 unspecified atom stereocenters. The molecule has 0 saturated heterocycles. The van der Waals surface area contributed by atoms with E-state index < -0.39 is 39.1 Å². The molecular formula is C20H22N2O9S. The summed E-state index contributed by atoms with van der Waals surface area (Å²) < 4.78 is 44.5. The lowest BCUT2D eigenvalue weighted by atomic mass is 10.3. The van der Waals surface area contributed by atoms with E-state index in [1.165, 1.54) is 31.2 Å². The van der Waals surface area contributed by atoms with E-state index in [4.69, 9.17) is 13.7 Å². The van der Waals surface area contributed by atoms with Crippen molar-refractivity contribution in [2.45, 2.75) is 18.2 Å². The second-order valence-corrected chi connectivity index (χ2v) is 7.68. The van der Waals surface area contributed by atoms with Crippen LogP contribution in [0.3, 0.4) is 0 Å². The summed E-state index contributed by atoms with van der Waals surface area (Å²) >= 11 is 0. The number of aromatic nitrogens is 2. The molecule has 32 heavy (non-hydrogen) atoms. The van der Waals surface area contributed by atoms with Gasteiger partial charge in [-0.1, -0.05) is 24.3 Å². The standard InChI is InChI=1S/C20H22N2O9S/c1-14(23)30-12-7-6-11-29-13-10-16-21-17(20(25)28-2)18(19(24)22-16)31-32(26,27)15-8-4-3-5-9-15/h3-9H,10-13H2,1-2H3,(H,21,22,24)/b7-6-. The molecule has 0 atom stereocenters. The van der Waals surface area contributed by atoms with Gasteiger partial charge in [0, 0.05) is 13.3 Å². The largest absolute Gasteiger partial charge is 0.464 e. The Bertz CT molecular complexity index is 1130. The summed E-state index contributed by atoms with van der Waals surface area (Å²) in [6.45, 7) is 1.77. The first kappa shape index (κ1) is 24.8. The minimum atomic E-state index is -4.38. The normalized spacial score (nSPS) is 11.3. The van der Waals surface area contributed by atoms with E-state index in [2.05, 4.69) is 14.7 Å². The van der Waals surface area contributed by atoms with Crippen LogP contribution in [0.25, 0.3) is 0 Å². The maximum atomic E-state index is 12.5. The Morgan fingerprint density at radius 2 is 1.81 bits per heavy atom. The van der Waals surface area contributed by atoms with Crippen molar-refractivity contribution in [2.75, 3.05) is 26.9 Å². The predicted molar refractivity (Wildman–Crippen MR) is 111 cm³/mol. The van der Waals surface area contributed by atoms with Crippen LogP contribution in [-0.4, -0.2) is 57.3 Å². The molecule has 0 spiro atoms. The summed E-state index contributed by atoms with van der Waals surface area (Å²) in [6.07, 6.45) is 3.36. The minimum absolute atomic E-state index is 0.0729. The van der Waals surface area contributed by atoms with Crippen LogP contribution >= 0.6 is 0 Å². The molecular weight excluding hydrogens is 444 g/mol. The van der Waals surface area contributed by atoms with Crippen molar-refractivity contribution in [3.63, 3.8) is 0 Å². The van der Waals surface area contributed by atoms with E-state index in [1.54, 1.807) is 18.2 Å². The Morgan fingerprint density at radius 3 is 2.47 bits per heavy atom. The van der Waals surface area contributed by atoms with Crippen LogP contribution in [-0.2, 0) is 35.5 Å². The number of carbonyl (C=O) groups excluding carboxylic acids is 2. The van der Waals surface area contributed by atoms with Gasteiger partial charge >= 0.3 is 22.1 Å². The van der Waals surface area contributed by atoms with Crippen LogP contribution in [0.4, 0.5) is 0 Å². The van der Waals surface area contributed by atoms with Gasteiger partial charge in [0.25, 0.3) is 5.56 Å². The van der Waals surface area contributed by atoms with Crippen LogP contribution < -0.4 is 9.74 Å². The van der Waals surface area contributed by atoms with Gasteiger partial charge in [0.15, 0.2) is 5.69 Å². The molecule has 0 aliphatic carbocycles. The molecule has 1 aromatic heterocycles. The van der Waals surface area contributed by atoms with Crippen molar-refractivity contribution in [3.05, 3.63) is 64.4 Å². The molecule has 0 aliphatic rings. The third kappa shape index (κ3) is 7.32. The number of carbonyl (C=O) groups is 2. The van der Waals surface area contributed by atoms with Crippen molar-refractivity contribution in [2.24, 2.45) is 0 Å². The second-order valence-electron chi connectivity index (χ2n) is 6.13. The van der Waals surface area contributed by atoms with E-state index in [0.717, 1.165) is 7.11 Å². The van der Waals surface area contributed by atoms with Gasteiger partial charge in [-0.05, 0) is 18.2 Å². The van der Waals surface area contributed by atoms with Crippen LogP contribution in [0.5, 0.6) is 5.75 Å². The second kappa shape index (κ2) is 11.8. The number of nitrogens with zero attached hydrogens (tertiary/aromatic N) is 1. The average Bonchev–Trinajstić information content (AvgIpc) is 2.77. The van der Waals surface area contributed by atoms with E-state index >= 15 is 0 Å². The Kier molecular flexibility index (Phi) is 9.10. The van der Waals surface area contributed by atoms with E-state index in [-0.39, 0.29) is 37.0 Å². The number of nitrogens with one attached hydrogen (secondary N) is 1. The zero-order chi connectivity index (χ0) is 23.6. The first-order valence-electron chi connectivity index (χ1n) is 9.31. The van der Waals surface area contributed by atoms with E-state index in [0.29, 0.717) is 0 Å². The molecule has 1 N–H and O–H groups in total. The highest BCUT2D eigenvalue weighted by molar-refractivity contribution is 7.87. The van der Waals surface area contributed by atoms with Crippen LogP contribution in [0, 0.1) is 0 Å². The summed E-state index contributed by atoms with van der Waals surface area (Å²) in [6, 6.07) is 7.13. The lowest BCUT2D eigenvalue weighted by Crippen LogP contribution is -2.24. The lowest BCUT2D eigenvalue weighted by molar-refractivity contribution is -0.139. The SMILES string of the molecule is COC(=O)c1nc(CCOC/C=C\COC(C)=O)[nH]c(=O)c1OS(=O)(=O)c1ccccc1. The first-order valence-corrected chi connectivity index (χ1v) is 10.7. The fourth-order valence-electron chi connectivity index (χ4n) is 2.31. The summed E-state index contributed by atoms with van der Waals surface area (Å²) in [4.78, 5) is 41.3. The fourth-order valence-corrected chi connectivity index (χ4v) is 3.27. The summed E-state index contributed by atoms with van der Waals surface area (Å²) in [7, 11) is -3.32. The maximum Gasteiger partial charge on any atom is 0.360 e. The Balaban J connectivity index is 2.11. The topological polar surface area (TPSA) is 151 Å². The molecule has 2 rings (SSSR count). The van der Waals surface area contributed by atoms with Crippen LogP contribution in [0.15, 0.2) is 52.2 Å². The molecule has 2 aromatic rings. The third-order valence-electron chi connectivity index (χ3n) is 3.78. The third-order valence-corrected chi connectivity index (χ3v) is 5.01. The van der Waals surface area contributed by atoms with Gasteiger partial charge in [0.2, 0.25) is 5.75 Å². The van der Waals surface area contributed by atoms with Crippen molar-refractivity contribution >= 4 is 22.1 Å². The number of hydrogen-bond donors (Lipinski definition) is 1. The number of rotatable bonds is 11. The number of H-pyrrole nitrogens is 1. The molecule has 0 aliphatic heterocycles.